The Kier molecular flexibility index (Phi) is 4.92. The van der Waals surface area contributed by atoms with Crippen molar-refractivity contribution in [1.82, 2.24) is 5.32 Å². The van der Waals surface area contributed by atoms with Crippen LogP contribution in [0.1, 0.15) is 57.1 Å². The van der Waals surface area contributed by atoms with Gasteiger partial charge in [-0.2, -0.15) is 0 Å². The van der Waals surface area contributed by atoms with Crippen LogP contribution < -0.4 is 5.32 Å². The molecular weight excluding hydrogens is 254 g/mol. The van der Waals surface area contributed by atoms with E-state index in [9.17, 15) is 0 Å². The fourth-order valence-electron chi connectivity index (χ4n) is 3.77. The molecule has 0 aromatic heterocycles. The minimum atomic E-state index is 0.513. The highest BCUT2D eigenvalue weighted by Gasteiger charge is 2.21. The van der Waals surface area contributed by atoms with E-state index in [0.29, 0.717) is 6.04 Å². The molecule has 0 spiro atoms. The molecular formula is C20H27N. The molecule has 1 saturated carbocycles. The van der Waals surface area contributed by atoms with Gasteiger partial charge in [0.1, 0.15) is 0 Å². The smallest absolute Gasteiger partial charge is 0.0329 e. The number of nitrogens with one attached hydrogen (secondary N) is 1. The lowest BCUT2D eigenvalue weighted by Crippen LogP contribution is -2.24. The number of hydrogen-bond acceptors (Lipinski definition) is 1. The number of hydrogen-bond donors (Lipinski definition) is 1. The van der Waals surface area contributed by atoms with E-state index in [2.05, 4.69) is 54.7 Å². The van der Waals surface area contributed by atoms with Crippen molar-refractivity contribution in [2.24, 2.45) is 5.92 Å². The van der Waals surface area contributed by atoms with E-state index in [4.69, 9.17) is 0 Å². The molecule has 1 nitrogen and oxygen atoms in total. The summed E-state index contributed by atoms with van der Waals surface area (Å²) in [6, 6.07) is 16.1. The van der Waals surface area contributed by atoms with Gasteiger partial charge in [-0.05, 0) is 41.6 Å². The first-order valence-electron chi connectivity index (χ1n) is 8.59. The predicted molar refractivity (Wildman–Crippen MR) is 91.6 cm³/mol. The second-order valence-corrected chi connectivity index (χ2v) is 6.46. The van der Waals surface area contributed by atoms with E-state index in [-0.39, 0.29) is 0 Å². The molecule has 0 saturated heterocycles. The second-order valence-electron chi connectivity index (χ2n) is 6.46. The average molecular weight is 281 g/mol. The largest absolute Gasteiger partial charge is 0.310 e. The van der Waals surface area contributed by atoms with E-state index >= 15 is 0 Å². The molecule has 1 aliphatic rings. The highest BCUT2D eigenvalue weighted by Crippen LogP contribution is 2.35. The van der Waals surface area contributed by atoms with Crippen LogP contribution in [-0.4, -0.2) is 6.54 Å². The molecule has 1 atom stereocenters. The summed E-state index contributed by atoms with van der Waals surface area (Å²) in [7, 11) is 0. The van der Waals surface area contributed by atoms with Crippen LogP contribution in [0.4, 0.5) is 0 Å². The molecule has 0 aliphatic heterocycles. The van der Waals surface area contributed by atoms with Crippen LogP contribution in [0.3, 0.4) is 0 Å². The molecule has 2 aromatic rings. The SMILES string of the molecule is CCCNC(CC1CCCC1)c1cccc2ccccc12. The summed E-state index contributed by atoms with van der Waals surface area (Å²) in [5, 5.41) is 6.59. The molecule has 1 fully saturated rings. The van der Waals surface area contributed by atoms with Crippen LogP contribution in [0.25, 0.3) is 10.8 Å². The second kappa shape index (κ2) is 7.09. The summed E-state index contributed by atoms with van der Waals surface area (Å²) < 4.78 is 0. The fourth-order valence-corrected chi connectivity index (χ4v) is 3.77. The number of benzene rings is 2. The van der Waals surface area contributed by atoms with Gasteiger partial charge >= 0.3 is 0 Å². The first kappa shape index (κ1) is 14.6. The molecule has 2 aromatic carbocycles. The van der Waals surface area contributed by atoms with Crippen molar-refractivity contribution in [2.75, 3.05) is 6.54 Å². The third-order valence-corrected chi connectivity index (χ3v) is 4.88. The van der Waals surface area contributed by atoms with E-state index < -0.39 is 0 Å². The first-order chi connectivity index (χ1) is 10.4. The molecule has 1 aliphatic carbocycles. The van der Waals surface area contributed by atoms with Gasteiger partial charge in [-0.3, -0.25) is 0 Å². The van der Waals surface area contributed by atoms with Crippen molar-refractivity contribution < 1.29 is 0 Å². The summed E-state index contributed by atoms with van der Waals surface area (Å²) in [4.78, 5) is 0. The standard InChI is InChI=1S/C20H27N/c1-2-14-21-20(15-16-8-3-4-9-16)19-13-7-11-17-10-5-6-12-18(17)19/h5-7,10-13,16,20-21H,2-4,8-9,14-15H2,1H3. The van der Waals surface area contributed by atoms with Crippen LogP contribution >= 0.6 is 0 Å². The molecule has 0 radical (unpaired) electrons. The molecule has 1 N–H and O–H groups in total. The van der Waals surface area contributed by atoms with Crippen molar-refractivity contribution in [3.63, 3.8) is 0 Å². The molecule has 0 amide bonds. The fraction of sp³-hybridized carbons (Fsp3) is 0.500. The maximum Gasteiger partial charge on any atom is 0.0329 e. The molecule has 112 valence electrons. The molecule has 21 heavy (non-hydrogen) atoms. The van der Waals surface area contributed by atoms with Gasteiger partial charge in [0.25, 0.3) is 0 Å². The zero-order valence-electron chi connectivity index (χ0n) is 13.1. The Hall–Kier alpha value is -1.34. The Morgan fingerprint density at radius 1 is 1.05 bits per heavy atom. The Morgan fingerprint density at radius 3 is 2.62 bits per heavy atom. The van der Waals surface area contributed by atoms with Crippen LogP contribution in [-0.2, 0) is 0 Å². The van der Waals surface area contributed by atoms with Crippen molar-refractivity contribution in [3.05, 3.63) is 48.0 Å². The molecule has 3 rings (SSSR count). The number of rotatable bonds is 6. The van der Waals surface area contributed by atoms with Gasteiger partial charge in [0.2, 0.25) is 0 Å². The Bertz CT molecular complexity index is 564. The summed E-state index contributed by atoms with van der Waals surface area (Å²) in [6.07, 6.45) is 8.21. The van der Waals surface area contributed by atoms with Gasteiger partial charge in [-0.15, -0.1) is 0 Å². The summed E-state index contributed by atoms with van der Waals surface area (Å²) in [5.41, 5.74) is 1.49. The maximum absolute atomic E-state index is 3.80. The predicted octanol–water partition coefficient (Wildman–Crippen LogP) is 5.46. The number of fused-ring (bicyclic) bond motifs is 1. The summed E-state index contributed by atoms with van der Waals surface area (Å²) in [6.45, 7) is 3.36. The highest BCUT2D eigenvalue weighted by atomic mass is 14.9. The van der Waals surface area contributed by atoms with Crippen molar-refractivity contribution in [2.45, 2.75) is 51.5 Å². The minimum absolute atomic E-state index is 0.513. The van der Waals surface area contributed by atoms with Gasteiger partial charge in [0, 0.05) is 6.04 Å². The van der Waals surface area contributed by atoms with Gasteiger partial charge in [0.15, 0.2) is 0 Å². The monoisotopic (exact) mass is 281 g/mol. The van der Waals surface area contributed by atoms with Crippen LogP contribution in [0.15, 0.2) is 42.5 Å². The van der Waals surface area contributed by atoms with E-state index in [1.807, 2.05) is 0 Å². The van der Waals surface area contributed by atoms with Crippen LogP contribution in [0.2, 0.25) is 0 Å². The van der Waals surface area contributed by atoms with Crippen LogP contribution in [0, 0.1) is 5.92 Å². The zero-order valence-corrected chi connectivity index (χ0v) is 13.1. The minimum Gasteiger partial charge on any atom is -0.310 e. The van der Waals surface area contributed by atoms with Crippen molar-refractivity contribution in [3.8, 4) is 0 Å². The Morgan fingerprint density at radius 2 is 1.81 bits per heavy atom. The normalized spacial score (nSPS) is 17.4. The maximum atomic E-state index is 3.80. The van der Waals surface area contributed by atoms with Gasteiger partial charge < -0.3 is 5.32 Å². The first-order valence-corrected chi connectivity index (χ1v) is 8.59. The Labute approximate surface area is 128 Å². The van der Waals surface area contributed by atoms with E-state index in [0.717, 1.165) is 12.5 Å². The molecule has 1 unspecified atom stereocenters. The zero-order chi connectivity index (χ0) is 14.5. The highest BCUT2D eigenvalue weighted by molar-refractivity contribution is 5.86. The molecule has 1 heteroatoms. The van der Waals surface area contributed by atoms with Crippen molar-refractivity contribution >= 4 is 10.8 Å². The quantitative estimate of drug-likeness (QED) is 0.741. The van der Waals surface area contributed by atoms with E-state index in [1.54, 1.807) is 0 Å². The lowest BCUT2D eigenvalue weighted by atomic mass is 9.90. The van der Waals surface area contributed by atoms with E-state index in [1.165, 1.54) is 54.9 Å². The lowest BCUT2D eigenvalue weighted by Gasteiger charge is -2.24. The van der Waals surface area contributed by atoms with Crippen LogP contribution in [0.5, 0.6) is 0 Å². The molecule has 0 bridgehead atoms. The topological polar surface area (TPSA) is 12.0 Å². The van der Waals surface area contributed by atoms with Crippen molar-refractivity contribution in [1.29, 1.82) is 0 Å². The molecule has 0 heterocycles. The lowest BCUT2D eigenvalue weighted by molar-refractivity contribution is 0.397. The van der Waals surface area contributed by atoms with Gasteiger partial charge in [-0.1, -0.05) is 75.1 Å². The third-order valence-electron chi connectivity index (χ3n) is 4.88. The average Bonchev–Trinajstić information content (AvgIpc) is 3.04. The third kappa shape index (κ3) is 3.47. The van der Waals surface area contributed by atoms with Gasteiger partial charge in [-0.25, -0.2) is 0 Å². The Balaban J connectivity index is 1.89. The summed E-state index contributed by atoms with van der Waals surface area (Å²) >= 11 is 0. The summed E-state index contributed by atoms with van der Waals surface area (Å²) in [5.74, 6) is 0.915. The van der Waals surface area contributed by atoms with Gasteiger partial charge in [0.05, 0.1) is 0 Å².